The normalized spacial score (nSPS) is 13.2. The third-order valence-electron chi connectivity index (χ3n) is 3.84. The summed E-state index contributed by atoms with van der Waals surface area (Å²) < 4.78 is 6.21. The van der Waals surface area contributed by atoms with E-state index in [9.17, 15) is 9.59 Å². The Kier molecular flexibility index (Phi) is 3.96. The number of esters is 1. The number of hydrogen-bond acceptors (Lipinski definition) is 5. The number of ether oxygens (including phenoxy) is 1. The molecule has 7 nitrogen and oxygen atoms in total. The molecule has 1 aromatic carbocycles. The molecule has 7 heteroatoms. The summed E-state index contributed by atoms with van der Waals surface area (Å²) in [6, 6.07) is 8.96. The highest BCUT2D eigenvalue weighted by atomic mass is 16.5. The molecule has 1 saturated carbocycles. The van der Waals surface area contributed by atoms with Crippen LogP contribution in [0.4, 0.5) is 5.69 Å². The molecule has 1 heterocycles. The van der Waals surface area contributed by atoms with Gasteiger partial charge < -0.3 is 20.4 Å². The van der Waals surface area contributed by atoms with Crippen LogP contribution in [0.15, 0.2) is 30.5 Å². The zero-order chi connectivity index (χ0) is 17.3. The third-order valence-corrected chi connectivity index (χ3v) is 3.84. The molecule has 0 unspecified atom stereocenters. The number of benzene rings is 1. The minimum Gasteiger partial charge on any atom is -0.464 e. The lowest BCUT2D eigenvalue weighted by Crippen LogP contribution is -2.25. The number of anilines is 1. The van der Waals surface area contributed by atoms with Crippen LogP contribution in [0.25, 0.3) is 5.69 Å². The maximum atomic E-state index is 12.2. The SMILES string of the molecule is COC(=O)c1c(N)c(C#N)cn1-c1cccc(C(=O)NC2CC2)c1. The second-order valence-electron chi connectivity index (χ2n) is 5.58. The van der Waals surface area contributed by atoms with Crippen LogP contribution in [-0.2, 0) is 4.74 Å². The van der Waals surface area contributed by atoms with Crippen molar-refractivity contribution in [2.24, 2.45) is 0 Å². The molecule has 0 aliphatic heterocycles. The smallest absolute Gasteiger partial charge is 0.357 e. The summed E-state index contributed by atoms with van der Waals surface area (Å²) >= 11 is 0. The standard InChI is InChI=1S/C17H16N4O3/c1-24-17(23)15-14(19)11(8-18)9-21(15)13-4-2-3-10(7-13)16(22)20-12-5-6-12/h2-4,7,9,12H,5-6,19H2,1H3,(H,20,22). The molecule has 1 aromatic heterocycles. The fourth-order valence-electron chi connectivity index (χ4n) is 2.41. The molecule has 122 valence electrons. The van der Waals surface area contributed by atoms with E-state index in [1.165, 1.54) is 17.9 Å². The first-order chi connectivity index (χ1) is 11.5. The van der Waals surface area contributed by atoms with E-state index >= 15 is 0 Å². The van der Waals surface area contributed by atoms with Crippen LogP contribution in [0.5, 0.6) is 0 Å². The first kappa shape index (κ1) is 15.6. The number of nitrogens with one attached hydrogen (secondary N) is 1. The van der Waals surface area contributed by atoms with Crippen molar-refractivity contribution in [2.45, 2.75) is 18.9 Å². The van der Waals surface area contributed by atoms with Gasteiger partial charge in [-0.1, -0.05) is 6.07 Å². The summed E-state index contributed by atoms with van der Waals surface area (Å²) in [4.78, 5) is 24.2. The van der Waals surface area contributed by atoms with Crippen molar-refractivity contribution in [3.05, 3.63) is 47.3 Å². The number of aromatic nitrogens is 1. The van der Waals surface area contributed by atoms with E-state index in [0.717, 1.165) is 12.8 Å². The first-order valence-electron chi connectivity index (χ1n) is 7.45. The number of nitrogens with two attached hydrogens (primary N) is 1. The molecular formula is C17H16N4O3. The van der Waals surface area contributed by atoms with Crippen molar-refractivity contribution >= 4 is 17.6 Å². The monoisotopic (exact) mass is 324 g/mol. The largest absolute Gasteiger partial charge is 0.464 e. The number of carbonyl (C=O) groups excluding carboxylic acids is 2. The number of carbonyl (C=O) groups is 2. The van der Waals surface area contributed by atoms with E-state index in [1.807, 2.05) is 6.07 Å². The molecule has 3 rings (SSSR count). The highest BCUT2D eigenvalue weighted by Gasteiger charge is 2.25. The maximum Gasteiger partial charge on any atom is 0.357 e. The Morgan fingerprint density at radius 3 is 2.79 bits per heavy atom. The van der Waals surface area contributed by atoms with Crippen LogP contribution < -0.4 is 11.1 Å². The van der Waals surface area contributed by atoms with Crippen LogP contribution in [0, 0.1) is 11.3 Å². The van der Waals surface area contributed by atoms with Gasteiger partial charge in [-0.3, -0.25) is 4.79 Å². The molecule has 0 spiro atoms. The Balaban J connectivity index is 2.04. The summed E-state index contributed by atoms with van der Waals surface area (Å²) in [6.07, 6.45) is 3.45. The average Bonchev–Trinajstić information content (AvgIpc) is 3.35. The number of methoxy groups -OCH3 is 1. The number of rotatable bonds is 4. The van der Waals surface area contributed by atoms with Crippen molar-refractivity contribution in [3.63, 3.8) is 0 Å². The molecule has 1 amide bonds. The van der Waals surface area contributed by atoms with Crippen LogP contribution in [0.1, 0.15) is 39.3 Å². The lowest BCUT2D eigenvalue weighted by Gasteiger charge is -2.10. The zero-order valence-corrected chi connectivity index (χ0v) is 13.1. The number of nitriles is 1. The molecule has 24 heavy (non-hydrogen) atoms. The quantitative estimate of drug-likeness (QED) is 0.830. The topological polar surface area (TPSA) is 110 Å². The van der Waals surface area contributed by atoms with Gasteiger partial charge in [0.2, 0.25) is 0 Å². The van der Waals surface area contributed by atoms with E-state index in [1.54, 1.807) is 24.3 Å². The van der Waals surface area contributed by atoms with Crippen molar-refractivity contribution in [1.29, 1.82) is 5.26 Å². The fourth-order valence-corrected chi connectivity index (χ4v) is 2.41. The number of amides is 1. The van der Waals surface area contributed by atoms with Gasteiger partial charge in [-0.05, 0) is 31.0 Å². The van der Waals surface area contributed by atoms with Crippen molar-refractivity contribution in [1.82, 2.24) is 9.88 Å². The lowest BCUT2D eigenvalue weighted by molar-refractivity contribution is 0.0593. The Hall–Kier alpha value is -3.27. The lowest BCUT2D eigenvalue weighted by atomic mass is 10.2. The summed E-state index contributed by atoms with van der Waals surface area (Å²) in [5.74, 6) is -0.818. The molecule has 1 fully saturated rings. The van der Waals surface area contributed by atoms with Gasteiger partial charge >= 0.3 is 5.97 Å². The zero-order valence-electron chi connectivity index (χ0n) is 13.1. The molecule has 1 aliphatic carbocycles. The van der Waals surface area contributed by atoms with Gasteiger partial charge in [0.1, 0.15) is 6.07 Å². The highest BCUT2D eigenvalue weighted by Crippen LogP contribution is 2.25. The first-order valence-corrected chi connectivity index (χ1v) is 7.45. The van der Waals surface area contributed by atoms with E-state index < -0.39 is 5.97 Å². The minimum absolute atomic E-state index is 0.0529. The highest BCUT2D eigenvalue weighted by molar-refractivity contribution is 5.97. The van der Waals surface area contributed by atoms with Gasteiger partial charge in [-0.25, -0.2) is 4.79 Å². The van der Waals surface area contributed by atoms with Crippen molar-refractivity contribution in [3.8, 4) is 11.8 Å². The number of hydrogen-bond donors (Lipinski definition) is 2. The summed E-state index contributed by atoms with van der Waals surface area (Å²) in [5, 5.41) is 12.1. The van der Waals surface area contributed by atoms with Gasteiger partial charge in [0.15, 0.2) is 5.69 Å². The minimum atomic E-state index is -0.651. The van der Waals surface area contributed by atoms with Crippen molar-refractivity contribution in [2.75, 3.05) is 12.8 Å². The Morgan fingerprint density at radius 1 is 1.42 bits per heavy atom. The molecule has 0 atom stereocenters. The van der Waals surface area contributed by atoms with Gasteiger partial charge in [0.25, 0.3) is 5.91 Å². The summed E-state index contributed by atoms with van der Waals surface area (Å²) in [7, 11) is 1.24. The Labute approximate surface area is 138 Å². The van der Waals surface area contributed by atoms with Crippen LogP contribution in [0.3, 0.4) is 0 Å². The summed E-state index contributed by atoms with van der Waals surface area (Å²) in [6.45, 7) is 0. The van der Waals surface area contributed by atoms with Crippen LogP contribution in [0.2, 0.25) is 0 Å². The maximum absolute atomic E-state index is 12.2. The van der Waals surface area contributed by atoms with Crippen LogP contribution in [-0.4, -0.2) is 29.6 Å². The molecule has 2 aromatic rings. The van der Waals surface area contributed by atoms with E-state index in [-0.39, 0.29) is 28.9 Å². The van der Waals surface area contributed by atoms with E-state index in [2.05, 4.69) is 5.32 Å². The van der Waals surface area contributed by atoms with E-state index in [4.69, 9.17) is 15.7 Å². The Bertz CT molecular complexity index is 859. The molecular weight excluding hydrogens is 308 g/mol. The number of nitrogen functional groups attached to an aromatic ring is 1. The van der Waals surface area contributed by atoms with Gasteiger partial charge in [0.05, 0.1) is 18.4 Å². The van der Waals surface area contributed by atoms with Crippen molar-refractivity contribution < 1.29 is 14.3 Å². The van der Waals surface area contributed by atoms with Gasteiger partial charge in [-0.2, -0.15) is 5.26 Å². The second kappa shape index (κ2) is 6.08. The van der Waals surface area contributed by atoms with E-state index in [0.29, 0.717) is 11.3 Å². The fraction of sp³-hybridized carbons (Fsp3) is 0.235. The summed E-state index contributed by atoms with van der Waals surface area (Å²) in [5.41, 5.74) is 7.18. The Morgan fingerprint density at radius 2 is 2.17 bits per heavy atom. The molecule has 1 aliphatic rings. The number of nitrogens with zero attached hydrogens (tertiary/aromatic N) is 2. The third kappa shape index (κ3) is 2.82. The molecule has 0 saturated heterocycles. The predicted octanol–water partition coefficient (Wildman–Crippen LogP) is 1.61. The van der Waals surface area contributed by atoms with Gasteiger partial charge in [0, 0.05) is 23.5 Å². The predicted molar refractivity (Wildman–Crippen MR) is 86.7 cm³/mol. The average molecular weight is 324 g/mol. The molecule has 0 bridgehead atoms. The van der Waals surface area contributed by atoms with Crippen LogP contribution >= 0.6 is 0 Å². The molecule has 3 N–H and O–H groups in total. The van der Waals surface area contributed by atoms with Gasteiger partial charge in [-0.15, -0.1) is 0 Å². The molecule has 0 radical (unpaired) electrons. The second-order valence-corrected chi connectivity index (χ2v) is 5.58.